The summed E-state index contributed by atoms with van der Waals surface area (Å²) in [6.07, 6.45) is -1.04. The maximum absolute atomic E-state index is 9.57. The fraction of sp³-hybridized carbons (Fsp3) is 0.500. The molecule has 0 aromatic carbocycles. The van der Waals surface area contributed by atoms with Crippen molar-refractivity contribution in [3.63, 3.8) is 0 Å². The maximum atomic E-state index is 9.57. The average Bonchev–Trinajstić information content (AvgIpc) is 2.27. The van der Waals surface area contributed by atoms with Gasteiger partial charge in [0.15, 0.2) is 5.82 Å². The van der Waals surface area contributed by atoms with Gasteiger partial charge in [0.2, 0.25) is 0 Å². The van der Waals surface area contributed by atoms with E-state index in [1.165, 1.54) is 13.3 Å². The number of aliphatic hydroxyl groups excluding tert-OH is 2. The molecule has 4 N–H and O–H groups in total. The van der Waals surface area contributed by atoms with Crippen molar-refractivity contribution in [2.24, 2.45) is 0 Å². The van der Waals surface area contributed by atoms with Gasteiger partial charge in [-0.25, -0.2) is 9.97 Å². The first-order valence-corrected chi connectivity index (χ1v) is 4.72. The van der Waals surface area contributed by atoms with Crippen LogP contribution in [0.5, 0.6) is 5.88 Å². The van der Waals surface area contributed by atoms with Gasteiger partial charge in [0.05, 0.1) is 31.0 Å². The third-order valence-corrected chi connectivity index (χ3v) is 2.12. The quantitative estimate of drug-likeness (QED) is 0.618. The summed E-state index contributed by atoms with van der Waals surface area (Å²) < 4.78 is 4.82. The van der Waals surface area contributed by atoms with Crippen molar-refractivity contribution in [1.29, 1.82) is 0 Å². The lowest BCUT2D eigenvalue weighted by Gasteiger charge is -2.15. The summed E-state index contributed by atoms with van der Waals surface area (Å²) in [5.41, 5.74) is 5.60. The lowest BCUT2D eigenvalue weighted by atomic mass is 10.2. The minimum Gasteiger partial charge on any atom is -0.478 e. The Balaban J connectivity index is 2.95. The number of nitrogens with two attached hydrogens (primary N) is 1. The first-order valence-electron chi connectivity index (χ1n) is 4.18. The van der Waals surface area contributed by atoms with E-state index < -0.39 is 12.2 Å². The van der Waals surface area contributed by atoms with Crippen LogP contribution in [-0.2, 0) is 0 Å². The fourth-order valence-electron chi connectivity index (χ4n) is 0.969. The Kier molecular flexibility index (Phi) is 4.07. The highest BCUT2D eigenvalue weighted by molar-refractivity contribution is 6.18. The minimum absolute atomic E-state index is 0.102. The molecule has 0 aliphatic rings. The van der Waals surface area contributed by atoms with Crippen LogP contribution in [0.3, 0.4) is 0 Å². The SMILES string of the molecule is COc1nc(C(O)C(O)CCl)cnc1N. The summed E-state index contributed by atoms with van der Waals surface area (Å²) in [6, 6.07) is 0. The number of anilines is 1. The van der Waals surface area contributed by atoms with Gasteiger partial charge in [-0.3, -0.25) is 0 Å². The molecular formula is C8H12ClN3O3. The zero-order valence-corrected chi connectivity index (χ0v) is 8.85. The van der Waals surface area contributed by atoms with E-state index in [9.17, 15) is 10.2 Å². The second kappa shape index (κ2) is 5.11. The Hall–Kier alpha value is -1.11. The molecule has 6 nitrogen and oxygen atoms in total. The monoisotopic (exact) mass is 233 g/mol. The number of methoxy groups -OCH3 is 1. The largest absolute Gasteiger partial charge is 0.478 e. The molecule has 2 unspecified atom stereocenters. The van der Waals surface area contributed by atoms with E-state index in [0.717, 1.165) is 0 Å². The number of nitrogen functional groups attached to an aromatic ring is 1. The molecule has 0 saturated heterocycles. The third-order valence-electron chi connectivity index (χ3n) is 1.80. The molecular weight excluding hydrogens is 222 g/mol. The number of nitrogens with zero attached hydrogens (tertiary/aromatic N) is 2. The van der Waals surface area contributed by atoms with Gasteiger partial charge >= 0.3 is 0 Å². The summed E-state index contributed by atoms with van der Waals surface area (Å²) in [6.45, 7) is 0. The van der Waals surface area contributed by atoms with Crippen molar-refractivity contribution >= 4 is 17.4 Å². The average molecular weight is 234 g/mol. The second-order valence-corrected chi connectivity index (χ2v) is 3.16. The number of halogens is 1. The predicted octanol–water partition coefficient (Wildman–Crippen LogP) is -0.300. The van der Waals surface area contributed by atoms with Crippen LogP contribution >= 0.6 is 11.6 Å². The molecule has 2 atom stereocenters. The number of hydrogen-bond donors (Lipinski definition) is 3. The molecule has 0 fully saturated rings. The molecule has 0 aliphatic carbocycles. The lowest BCUT2D eigenvalue weighted by molar-refractivity contribution is 0.0294. The van der Waals surface area contributed by atoms with Crippen molar-refractivity contribution in [3.05, 3.63) is 11.9 Å². The summed E-state index contributed by atoms with van der Waals surface area (Å²) in [5, 5.41) is 18.9. The molecule has 0 radical (unpaired) electrons. The lowest BCUT2D eigenvalue weighted by Crippen LogP contribution is -2.21. The molecule has 1 heterocycles. The molecule has 15 heavy (non-hydrogen) atoms. The smallest absolute Gasteiger partial charge is 0.257 e. The summed E-state index contributed by atoms with van der Waals surface area (Å²) in [7, 11) is 1.38. The number of aliphatic hydroxyl groups is 2. The number of hydrogen-bond acceptors (Lipinski definition) is 6. The van der Waals surface area contributed by atoms with E-state index in [4.69, 9.17) is 22.1 Å². The highest BCUT2D eigenvalue weighted by atomic mass is 35.5. The van der Waals surface area contributed by atoms with Crippen LogP contribution in [-0.4, -0.2) is 39.3 Å². The highest BCUT2D eigenvalue weighted by Gasteiger charge is 2.20. The Bertz CT molecular complexity index is 337. The standard InChI is InChI=1S/C8H12ClN3O3/c1-15-8-7(10)11-3-4(12-8)6(14)5(13)2-9/h3,5-6,13-14H,2H2,1H3,(H2,10,11). The zero-order valence-electron chi connectivity index (χ0n) is 8.09. The second-order valence-electron chi connectivity index (χ2n) is 2.86. The van der Waals surface area contributed by atoms with Crippen LogP contribution < -0.4 is 10.5 Å². The van der Waals surface area contributed by atoms with Gasteiger partial charge in [-0.15, -0.1) is 11.6 Å². The predicted molar refractivity (Wildman–Crippen MR) is 54.7 cm³/mol. The molecule has 0 spiro atoms. The number of alkyl halides is 1. The topological polar surface area (TPSA) is 101 Å². The molecule has 1 rings (SSSR count). The zero-order chi connectivity index (χ0) is 11.4. The molecule has 0 aliphatic heterocycles. The molecule has 0 saturated carbocycles. The van der Waals surface area contributed by atoms with Crippen LogP contribution in [0.1, 0.15) is 11.8 Å². The normalized spacial score (nSPS) is 14.7. The van der Waals surface area contributed by atoms with Gasteiger partial charge in [0.25, 0.3) is 5.88 Å². The van der Waals surface area contributed by atoms with Crippen molar-refractivity contribution < 1.29 is 14.9 Å². The molecule has 84 valence electrons. The van der Waals surface area contributed by atoms with Gasteiger partial charge in [-0.1, -0.05) is 0 Å². The van der Waals surface area contributed by atoms with Crippen LogP contribution in [0.15, 0.2) is 6.20 Å². The molecule has 7 heteroatoms. The minimum atomic E-state index is -1.20. The van der Waals surface area contributed by atoms with Crippen LogP contribution in [0, 0.1) is 0 Å². The molecule has 1 aromatic heterocycles. The summed E-state index contributed by atoms with van der Waals surface area (Å²) in [4.78, 5) is 7.65. The third kappa shape index (κ3) is 2.68. The van der Waals surface area contributed by atoms with E-state index >= 15 is 0 Å². The summed E-state index contributed by atoms with van der Waals surface area (Å²) >= 11 is 5.39. The van der Waals surface area contributed by atoms with Crippen LogP contribution in [0.25, 0.3) is 0 Å². The Morgan fingerprint density at radius 3 is 2.80 bits per heavy atom. The number of rotatable bonds is 4. The van der Waals surface area contributed by atoms with Gasteiger partial charge in [0, 0.05) is 0 Å². The molecule has 0 bridgehead atoms. The van der Waals surface area contributed by atoms with E-state index in [1.807, 2.05) is 0 Å². The van der Waals surface area contributed by atoms with Crippen molar-refractivity contribution in [2.75, 3.05) is 18.7 Å². The van der Waals surface area contributed by atoms with Gasteiger partial charge in [0.1, 0.15) is 6.10 Å². The Morgan fingerprint density at radius 1 is 1.60 bits per heavy atom. The van der Waals surface area contributed by atoms with Gasteiger partial charge in [-0.2, -0.15) is 0 Å². The number of ether oxygens (including phenoxy) is 1. The van der Waals surface area contributed by atoms with Gasteiger partial charge in [-0.05, 0) is 0 Å². The van der Waals surface area contributed by atoms with E-state index in [0.29, 0.717) is 0 Å². The Labute approximate surface area is 91.7 Å². The Morgan fingerprint density at radius 2 is 2.27 bits per heavy atom. The number of aromatic nitrogens is 2. The van der Waals surface area contributed by atoms with Crippen molar-refractivity contribution in [3.8, 4) is 5.88 Å². The summed E-state index contributed by atoms with van der Waals surface area (Å²) in [5.74, 6) is 0.123. The molecule has 1 aromatic rings. The van der Waals surface area contributed by atoms with Gasteiger partial charge < -0.3 is 20.7 Å². The van der Waals surface area contributed by atoms with Crippen molar-refractivity contribution in [1.82, 2.24) is 9.97 Å². The molecule has 0 amide bonds. The van der Waals surface area contributed by atoms with Crippen LogP contribution in [0.4, 0.5) is 5.82 Å². The van der Waals surface area contributed by atoms with E-state index in [1.54, 1.807) is 0 Å². The highest BCUT2D eigenvalue weighted by Crippen LogP contribution is 2.20. The fourth-order valence-corrected chi connectivity index (χ4v) is 1.14. The van der Waals surface area contributed by atoms with Crippen LogP contribution in [0.2, 0.25) is 0 Å². The van der Waals surface area contributed by atoms with E-state index in [2.05, 4.69) is 9.97 Å². The van der Waals surface area contributed by atoms with Crippen molar-refractivity contribution in [2.45, 2.75) is 12.2 Å². The maximum Gasteiger partial charge on any atom is 0.257 e. The van der Waals surface area contributed by atoms with E-state index in [-0.39, 0.29) is 23.3 Å². The first-order chi connectivity index (χ1) is 7.10. The first kappa shape index (κ1) is 12.0.